The standard InChI is InChI=1S/C35H39O4P/c1-34(2,3)30-21-26(17-24-13-9-7-10-14-24)19-28-23-29-20-27(18-25-15-11-8-12-16-25)22-31(35(4,5)6)33(29)39-40(36,37)38-32(28)30/h7-16,19-22H,17-18,23H2,1-6H3,(H,36,37). The summed E-state index contributed by atoms with van der Waals surface area (Å²) >= 11 is 0. The fourth-order valence-corrected chi connectivity index (χ4v) is 6.35. The Bertz CT molecular complexity index is 1450. The van der Waals surface area contributed by atoms with Crippen LogP contribution in [0.3, 0.4) is 0 Å². The molecule has 0 fully saturated rings. The first-order chi connectivity index (χ1) is 18.8. The van der Waals surface area contributed by atoms with Crippen LogP contribution in [0, 0.1) is 0 Å². The maximum atomic E-state index is 13.6. The van der Waals surface area contributed by atoms with E-state index in [9.17, 15) is 9.46 Å². The lowest BCUT2D eigenvalue weighted by atomic mass is 9.80. The molecule has 1 N–H and O–H groups in total. The van der Waals surface area contributed by atoms with Gasteiger partial charge >= 0.3 is 7.82 Å². The zero-order valence-electron chi connectivity index (χ0n) is 24.3. The quantitative estimate of drug-likeness (QED) is 0.256. The van der Waals surface area contributed by atoms with Crippen LogP contribution in [0.2, 0.25) is 0 Å². The van der Waals surface area contributed by atoms with E-state index in [4.69, 9.17) is 9.05 Å². The summed E-state index contributed by atoms with van der Waals surface area (Å²) in [5, 5.41) is 0. The molecule has 0 unspecified atom stereocenters. The molecule has 0 aliphatic carbocycles. The largest absolute Gasteiger partial charge is 0.584 e. The second-order valence-corrected chi connectivity index (χ2v) is 14.2. The van der Waals surface area contributed by atoms with Gasteiger partial charge in [-0.05, 0) is 57.1 Å². The topological polar surface area (TPSA) is 55.8 Å². The van der Waals surface area contributed by atoms with Gasteiger partial charge in [-0.25, -0.2) is 4.57 Å². The summed E-state index contributed by atoms with van der Waals surface area (Å²) in [6, 6.07) is 29.2. The monoisotopic (exact) mass is 554 g/mol. The van der Waals surface area contributed by atoms with Crippen LogP contribution in [-0.2, 0) is 34.7 Å². The van der Waals surface area contributed by atoms with Crippen molar-refractivity contribution >= 4 is 7.82 Å². The van der Waals surface area contributed by atoms with Crippen LogP contribution in [0.15, 0.2) is 84.9 Å². The van der Waals surface area contributed by atoms with E-state index in [2.05, 4.69) is 114 Å². The minimum absolute atomic E-state index is 0.315. The number of benzene rings is 4. The summed E-state index contributed by atoms with van der Waals surface area (Å²) in [4.78, 5) is 11.1. The molecule has 4 aromatic carbocycles. The number of fused-ring (bicyclic) bond motifs is 2. The molecule has 0 radical (unpaired) electrons. The minimum atomic E-state index is -4.48. The number of hydrogen-bond acceptors (Lipinski definition) is 3. The molecule has 0 aromatic heterocycles. The SMILES string of the molecule is CC(C)(C)c1cc(Cc2ccccc2)cc2c1OP(=O)(O)Oc1c(cc(Cc3ccccc3)cc1C(C)(C)C)C2. The van der Waals surface area contributed by atoms with E-state index in [0.717, 1.165) is 46.2 Å². The van der Waals surface area contributed by atoms with Crippen LogP contribution in [0.1, 0.15) is 86.1 Å². The first-order valence-corrected chi connectivity index (χ1v) is 15.4. The van der Waals surface area contributed by atoms with Crippen molar-refractivity contribution < 1.29 is 18.5 Å². The lowest BCUT2D eigenvalue weighted by Crippen LogP contribution is -2.20. The van der Waals surface area contributed by atoms with Crippen LogP contribution in [-0.4, -0.2) is 4.89 Å². The van der Waals surface area contributed by atoms with E-state index in [-0.39, 0.29) is 10.8 Å². The van der Waals surface area contributed by atoms with Crippen molar-refractivity contribution in [3.05, 3.63) is 129 Å². The van der Waals surface area contributed by atoms with Crippen molar-refractivity contribution in [3.63, 3.8) is 0 Å². The van der Waals surface area contributed by atoms with Gasteiger partial charge in [0.05, 0.1) is 0 Å². The average molecular weight is 555 g/mol. The maximum Gasteiger partial charge on any atom is 0.584 e. The molecular weight excluding hydrogens is 515 g/mol. The predicted octanol–water partition coefficient (Wildman–Crippen LogP) is 8.93. The van der Waals surface area contributed by atoms with Crippen LogP contribution in [0.4, 0.5) is 0 Å². The van der Waals surface area contributed by atoms with Crippen LogP contribution >= 0.6 is 7.82 Å². The second-order valence-electron chi connectivity index (χ2n) is 12.9. The highest BCUT2D eigenvalue weighted by molar-refractivity contribution is 7.48. The van der Waals surface area contributed by atoms with E-state index in [0.29, 0.717) is 17.9 Å². The van der Waals surface area contributed by atoms with Gasteiger partial charge in [0.2, 0.25) is 0 Å². The lowest BCUT2D eigenvalue weighted by Gasteiger charge is -2.31. The molecule has 208 valence electrons. The van der Waals surface area contributed by atoms with Gasteiger partial charge in [0.15, 0.2) is 0 Å². The number of phosphoric acid groups is 1. The Balaban J connectivity index is 1.71. The van der Waals surface area contributed by atoms with Crippen molar-refractivity contribution in [1.82, 2.24) is 0 Å². The third-order valence-corrected chi connectivity index (χ3v) is 8.19. The zero-order chi connectivity index (χ0) is 28.7. The number of hydrogen-bond donors (Lipinski definition) is 1. The Kier molecular flexibility index (Phi) is 7.46. The normalized spacial score (nSPS) is 14.7. The van der Waals surface area contributed by atoms with Crippen molar-refractivity contribution in [3.8, 4) is 11.5 Å². The molecule has 0 spiro atoms. The molecule has 0 atom stereocenters. The van der Waals surface area contributed by atoms with Crippen molar-refractivity contribution in [2.24, 2.45) is 0 Å². The fourth-order valence-electron chi connectivity index (χ4n) is 5.42. The van der Waals surface area contributed by atoms with E-state index in [1.54, 1.807) is 0 Å². The third kappa shape index (κ3) is 6.35. The Morgan fingerprint density at radius 3 is 1.35 bits per heavy atom. The minimum Gasteiger partial charge on any atom is -0.395 e. The third-order valence-electron chi connectivity index (χ3n) is 7.36. The highest BCUT2D eigenvalue weighted by Crippen LogP contribution is 2.54. The number of phosphoric ester groups is 1. The first kappa shape index (κ1) is 28.2. The molecule has 1 aliphatic rings. The van der Waals surface area contributed by atoms with Crippen molar-refractivity contribution in [2.75, 3.05) is 0 Å². The van der Waals surface area contributed by atoms with Crippen molar-refractivity contribution in [1.29, 1.82) is 0 Å². The average Bonchev–Trinajstić information content (AvgIpc) is 2.85. The summed E-state index contributed by atoms with van der Waals surface area (Å²) in [7, 11) is -4.48. The van der Waals surface area contributed by atoms with Crippen LogP contribution < -0.4 is 9.05 Å². The molecule has 4 nitrogen and oxygen atoms in total. The summed E-state index contributed by atoms with van der Waals surface area (Å²) in [6.45, 7) is 12.6. The highest BCUT2D eigenvalue weighted by Gasteiger charge is 2.36. The Labute approximate surface area is 238 Å². The maximum absolute atomic E-state index is 13.6. The van der Waals surface area contributed by atoms with E-state index in [1.165, 1.54) is 11.1 Å². The van der Waals surface area contributed by atoms with E-state index in [1.807, 2.05) is 12.1 Å². The molecule has 0 amide bonds. The van der Waals surface area contributed by atoms with Gasteiger partial charge in [0.1, 0.15) is 11.5 Å². The van der Waals surface area contributed by atoms with E-state index < -0.39 is 7.82 Å². The fraction of sp³-hybridized carbons (Fsp3) is 0.314. The Morgan fingerprint density at radius 1 is 0.625 bits per heavy atom. The van der Waals surface area contributed by atoms with Gasteiger partial charge < -0.3 is 9.05 Å². The molecule has 1 heterocycles. The predicted molar refractivity (Wildman–Crippen MR) is 163 cm³/mol. The number of rotatable bonds is 4. The zero-order valence-corrected chi connectivity index (χ0v) is 25.2. The van der Waals surface area contributed by atoms with Crippen LogP contribution in [0.5, 0.6) is 11.5 Å². The van der Waals surface area contributed by atoms with Gasteiger partial charge in [-0.15, -0.1) is 0 Å². The van der Waals surface area contributed by atoms with Gasteiger partial charge in [-0.1, -0.05) is 126 Å². The molecular formula is C35H39O4P. The second kappa shape index (κ2) is 10.6. The summed E-state index contributed by atoms with van der Waals surface area (Å²) < 4.78 is 25.4. The Hall–Kier alpha value is -3.33. The molecule has 0 bridgehead atoms. The molecule has 4 aromatic rings. The molecule has 0 saturated carbocycles. The molecule has 0 saturated heterocycles. The van der Waals surface area contributed by atoms with E-state index >= 15 is 0 Å². The first-order valence-electron chi connectivity index (χ1n) is 13.9. The Morgan fingerprint density at radius 2 is 1.00 bits per heavy atom. The summed E-state index contributed by atoms with van der Waals surface area (Å²) in [6.07, 6.45) is 2.05. The highest BCUT2D eigenvalue weighted by atomic mass is 31.2. The lowest BCUT2D eigenvalue weighted by molar-refractivity contribution is 0.281. The van der Waals surface area contributed by atoms with Crippen LogP contribution in [0.25, 0.3) is 0 Å². The van der Waals surface area contributed by atoms with Gasteiger partial charge in [-0.3, -0.25) is 4.89 Å². The smallest absolute Gasteiger partial charge is 0.395 e. The van der Waals surface area contributed by atoms with Gasteiger partial charge in [0, 0.05) is 17.5 Å². The summed E-state index contributed by atoms with van der Waals surface area (Å²) in [5.74, 6) is 0.901. The van der Waals surface area contributed by atoms with Gasteiger partial charge in [-0.2, -0.15) is 0 Å². The molecule has 5 rings (SSSR count). The van der Waals surface area contributed by atoms with Crippen molar-refractivity contribution in [2.45, 2.75) is 71.6 Å². The molecule has 5 heteroatoms. The molecule has 40 heavy (non-hydrogen) atoms. The molecule has 1 aliphatic heterocycles. The summed E-state index contributed by atoms with van der Waals surface area (Å²) in [5.41, 5.74) is 7.67. The van der Waals surface area contributed by atoms with Gasteiger partial charge in [0.25, 0.3) is 0 Å².